The van der Waals surface area contributed by atoms with Crippen LogP contribution in [0.4, 0.5) is 0 Å². The largest absolute Gasteiger partial charge is 0.373 e. The number of hydrogen-bond acceptors (Lipinski definition) is 4. The summed E-state index contributed by atoms with van der Waals surface area (Å²) in [4.78, 5) is 4.21. The van der Waals surface area contributed by atoms with Crippen LogP contribution in [0.25, 0.3) is 0 Å². The monoisotopic (exact) mass is 294 g/mol. The van der Waals surface area contributed by atoms with E-state index in [-0.39, 0.29) is 5.60 Å². The van der Waals surface area contributed by atoms with Crippen molar-refractivity contribution in [2.75, 3.05) is 20.2 Å². The molecule has 0 spiro atoms. The van der Waals surface area contributed by atoms with Crippen molar-refractivity contribution in [3.05, 3.63) is 17.5 Å². The third-order valence-electron chi connectivity index (χ3n) is 3.75. The van der Waals surface area contributed by atoms with Gasteiger partial charge in [0.05, 0.1) is 17.8 Å². The highest BCUT2D eigenvalue weighted by Gasteiger charge is 2.29. The molecular formula is C15H26N4O2. The van der Waals surface area contributed by atoms with Crippen molar-refractivity contribution >= 4 is 5.96 Å². The zero-order chi connectivity index (χ0) is 15.3. The van der Waals surface area contributed by atoms with Crippen LogP contribution in [0.3, 0.4) is 0 Å². The average Bonchev–Trinajstić information content (AvgIpc) is 3.08. The minimum absolute atomic E-state index is 0.0886. The second kappa shape index (κ2) is 6.93. The topological polar surface area (TPSA) is 71.7 Å². The van der Waals surface area contributed by atoms with Crippen LogP contribution in [-0.2, 0) is 11.3 Å². The SMILES string of the molecule is CN=C(NCc1cc(C(C)C)no1)NCC1(C)CCCO1. The van der Waals surface area contributed by atoms with Crippen molar-refractivity contribution in [2.45, 2.75) is 51.7 Å². The molecule has 1 aliphatic heterocycles. The number of aliphatic imine (C=N–C) groups is 1. The molecule has 118 valence electrons. The highest BCUT2D eigenvalue weighted by molar-refractivity contribution is 5.79. The van der Waals surface area contributed by atoms with Crippen molar-refractivity contribution < 1.29 is 9.26 Å². The summed E-state index contributed by atoms with van der Waals surface area (Å²) in [6, 6.07) is 1.98. The van der Waals surface area contributed by atoms with Crippen molar-refractivity contribution in [3.63, 3.8) is 0 Å². The normalized spacial score (nSPS) is 22.8. The maximum atomic E-state index is 5.75. The lowest BCUT2D eigenvalue weighted by atomic mass is 10.0. The number of rotatable bonds is 5. The molecule has 1 saturated heterocycles. The summed E-state index contributed by atoms with van der Waals surface area (Å²) < 4.78 is 11.1. The van der Waals surface area contributed by atoms with E-state index in [4.69, 9.17) is 9.26 Å². The van der Waals surface area contributed by atoms with Crippen molar-refractivity contribution in [2.24, 2.45) is 4.99 Å². The lowest BCUT2D eigenvalue weighted by Crippen LogP contribution is -2.45. The van der Waals surface area contributed by atoms with Crippen LogP contribution in [-0.4, -0.2) is 36.9 Å². The predicted molar refractivity (Wildman–Crippen MR) is 82.4 cm³/mol. The van der Waals surface area contributed by atoms with Crippen LogP contribution in [0, 0.1) is 0 Å². The number of guanidine groups is 1. The minimum atomic E-state index is -0.0886. The summed E-state index contributed by atoms with van der Waals surface area (Å²) >= 11 is 0. The molecule has 21 heavy (non-hydrogen) atoms. The van der Waals surface area contributed by atoms with E-state index in [1.165, 1.54) is 0 Å². The molecule has 2 rings (SSSR count). The molecule has 0 bridgehead atoms. The lowest BCUT2D eigenvalue weighted by Gasteiger charge is -2.24. The Labute approximate surface area is 126 Å². The number of nitrogens with one attached hydrogen (secondary N) is 2. The first kappa shape index (κ1) is 15.8. The fourth-order valence-corrected chi connectivity index (χ4v) is 2.32. The lowest BCUT2D eigenvalue weighted by molar-refractivity contribution is 0.0243. The van der Waals surface area contributed by atoms with E-state index < -0.39 is 0 Å². The van der Waals surface area contributed by atoms with E-state index in [2.05, 4.69) is 41.6 Å². The van der Waals surface area contributed by atoms with Gasteiger partial charge < -0.3 is 19.9 Å². The van der Waals surface area contributed by atoms with Gasteiger partial charge in [0.15, 0.2) is 11.7 Å². The van der Waals surface area contributed by atoms with Crippen LogP contribution in [0.1, 0.15) is 51.0 Å². The van der Waals surface area contributed by atoms with E-state index in [1.807, 2.05) is 6.07 Å². The number of hydrogen-bond donors (Lipinski definition) is 2. The Morgan fingerprint density at radius 1 is 1.48 bits per heavy atom. The Balaban J connectivity index is 1.79. The average molecular weight is 294 g/mol. The van der Waals surface area contributed by atoms with Gasteiger partial charge in [-0.2, -0.15) is 0 Å². The molecule has 0 aromatic carbocycles. The summed E-state index contributed by atoms with van der Waals surface area (Å²) in [6.45, 7) is 8.48. The Kier molecular flexibility index (Phi) is 5.22. The first-order valence-electron chi connectivity index (χ1n) is 7.56. The molecular weight excluding hydrogens is 268 g/mol. The maximum Gasteiger partial charge on any atom is 0.191 e. The van der Waals surface area contributed by atoms with Crippen molar-refractivity contribution in [3.8, 4) is 0 Å². The summed E-state index contributed by atoms with van der Waals surface area (Å²) in [7, 11) is 1.76. The first-order chi connectivity index (χ1) is 10.0. The van der Waals surface area contributed by atoms with E-state index in [0.29, 0.717) is 12.5 Å². The summed E-state index contributed by atoms with van der Waals surface area (Å²) in [6.07, 6.45) is 2.21. The van der Waals surface area contributed by atoms with E-state index >= 15 is 0 Å². The second-order valence-electron chi connectivity index (χ2n) is 6.05. The Bertz CT molecular complexity index is 476. The van der Waals surface area contributed by atoms with E-state index in [1.54, 1.807) is 7.05 Å². The molecule has 0 amide bonds. The van der Waals surface area contributed by atoms with Crippen molar-refractivity contribution in [1.82, 2.24) is 15.8 Å². The molecule has 2 heterocycles. The Morgan fingerprint density at radius 2 is 2.29 bits per heavy atom. The zero-order valence-electron chi connectivity index (χ0n) is 13.4. The minimum Gasteiger partial charge on any atom is -0.373 e. The highest BCUT2D eigenvalue weighted by Crippen LogP contribution is 2.23. The van der Waals surface area contributed by atoms with Gasteiger partial charge >= 0.3 is 0 Å². The smallest absolute Gasteiger partial charge is 0.191 e. The molecule has 6 heteroatoms. The number of nitrogens with zero attached hydrogens (tertiary/aromatic N) is 2. The molecule has 0 saturated carbocycles. The molecule has 0 aliphatic carbocycles. The molecule has 0 radical (unpaired) electrons. The highest BCUT2D eigenvalue weighted by atomic mass is 16.5. The standard InChI is InChI=1S/C15H26N4O2/c1-11(2)13-8-12(21-19-13)9-17-14(16-4)18-10-15(3)6-5-7-20-15/h8,11H,5-7,9-10H2,1-4H3,(H2,16,17,18). The van der Waals surface area contributed by atoms with Gasteiger partial charge in [-0.25, -0.2) is 0 Å². The molecule has 1 aliphatic rings. The third kappa shape index (κ3) is 4.46. The quantitative estimate of drug-likeness (QED) is 0.642. The maximum absolute atomic E-state index is 5.75. The molecule has 1 fully saturated rings. The molecule has 1 aromatic rings. The fraction of sp³-hybridized carbons (Fsp3) is 0.733. The summed E-state index contributed by atoms with van der Waals surface area (Å²) in [5.74, 6) is 1.93. The van der Waals surface area contributed by atoms with Gasteiger partial charge in [-0.3, -0.25) is 4.99 Å². The van der Waals surface area contributed by atoms with Gasteiger partial charge in [-0.15, -0.1) is 0 Å². The van der Waals surface area contributed by atoms with Crippen LogP contribution < -0.4 is 10.6 Å². The van der Waals surface area contributed by atoms with Crippen LogP contribution in [0.5, 0.6) is 0 Å². The van der Waals surface area contributed by atoms with Crippen LogP contribution in [0.2, 0.25) is 0 Å². The third-order valence-corrected chi connectivity index (χ3v) is 3.75. The van der Waals surface area contributed by atoms with E-state index in [0.717, 1.165) is 43.4 Å². The van der Waals surface area contributed by atoms with Gasteiger partial charge in [0.25, 0.3) is 0 Å². The van der Waals surface area contributed by atoms with Gasteiger partial charge in [-0.05, 0) is 25.7 Å². The molecule has 2 N–H and O–H groups in total. The fourth-order valence-electron chi connectivity index (χ4n) is 2.32. The number of ether oxygens (including phenoxy) is 1. The van der Waals surface area contributed by atoms with Gasteiger partial charge in [0.2, 0.25) is 0 Å². The van der Waals surface area contributed by atoms with Crippen LogP contribution in [0.15, 0.2) is 15.6 Å². The van der Waals surface area contributed by atoms with Gasteiger partial charge in [-0.1, -0.05) is 19.0 Å². The molecule has 1 atom stereocenters. The second-order valence-corrected chi connectivity index (χ2v) is 6.05. The molecule has 6 nitrogen and oxygen atoms in total. The van der Waals surface area contributed by atoms with Gasteiger partial charge in [0.1, 0.15) is 0 Å². The molecule has 1 aromatic heterocycles. The number of aromatic nitrogens is 1. The van der Waals surface area contributed by atoms with Crippen LogP contribution >= 0.6 is 0 Å². The first-order valence-corrected chi connectivity index (χ1v) is 7.56. The summed E-state index contributed by atoms with van der Waals surface area (Å²) in [5, 5.41) is 10.6. The van der Waals surface area contributed by atoms with E-state index in [9.17, 15) is 0 Å². The summed E-state index contributed by atoms with van der Waals surface area (Å²) in [5.41, 5.74) is 0.885. The Morgan fingerprint density at radius 3 is 2.86 bits per heavy atom. The zero-order valence-corrected chi connectivity index (χ0v) is 13.4. The Hall–Kier alpha value is -1.56. The molecule has 1 unspecified atom stereocenters. The predicted octanol–water partition coefficient (Wildman–Crippen LogP) is 2.03. The van der Waals surface area contributed by atoms with Crippen molar-refractivity contribution in [1.29, 1.82) is 0 Å². The van der Waals surface area contributed by atoms with Gasteiger partial charge in [0, 0.05) is 26.3 Å².